The van der Waals surface area contributed by atoms with Gasteiger partial charge in [0.2, 0.25) is 0 Å². The van der Waals surface area contributed by atoms with Crippen LogP contribution in [0, 0.1) is 5.92 Å². The van der Waals surface area contributed by atoms with E-state index in [-0.39, 0.29) is 5.56 Å². The summed E-state index contributed by atoms with van der Waals surface area (Å²) in [5.41, 5.74) is 0.0812. The number of hydrogen-bond donors (Lipinski definition) is 0. The van der Waals surface area contributed by atoms with Gasteiger partial charge in [0.05, 0.1) is 6.61 Å². The fourth-order valence-electron chi connectivity index (χ4n) is 2.42. The molecular weight excluding hydrogens is 263 g/mol. The summed E-state index contributed by atoms with van der Waals surface area (Å²) in [6, 6.07) is 6.05. The van der Waals surface area contributed by atoms with Crippen LogP contribution in [0.5, 0.6) is 5.75 Å². The van der Waals surface area contributed by atoms with E-state index in [1.165, 1.54) is 44.2 Å². The van der Waals surface area contributed by atoms with E-state index >= 15 is 0 Å². The Bertz CT molecular complexity index is 463. The van der Waals surface area contributed by atoms with Gasteiger partial charge in [-0.3, -0.25) is 4.79 Å². The molecule has 5 heteroatoms. The molecule has 0 bridgehead atoms. The van der Waals surface area contributed by atoms with E-state index < -0.39 is 11.8 Å². The Labute approximate surface area is 116 Å². The van der Waals surface area contributed by atoms with E-state index in [1.54, 1.807) is 12.1 Å². The zero-order valence-electron chi connectivity index (χ0n) is 11.1. The minimum absolute atomic E-state index is 0.0812. The van der Waals surface area contributed by atoms with E-state index in [2.05, 4.69) is 4.94 Å². The molecule has 1 saturated carbocycles. The van der Waals surface area contributed by atoms with Crippen molar-refractivity contribution < 1.29 is 23.8 Å². The second kappa shape index (κ2) is 7.03. The fourth-order valence-corrected chi connectivity index (χ4v) is 2.42. The average Bonchev–Trinajstić information content (AvgIpc) is 2.53. The summed E-state index contributed by atoms with van der Waals surface area (Å²) in [6.45, 7) is 0.666. The fraction of sp³-hybridized carbons (Fsp3) is 0.467. The van der Waals surface area contributed by atoms with Crippen molar-refractivity contribution in [2.45, 2.75) is 32.1 Å². The Hall–Kier alpha value is -1.91. The smallest absolute Gasteiger partial charge is 0.419 e. The Morgan fingerprint density at radius 1 is 1.10 bits per heavy atom. The Morgan fingerprint density at radius 2 is 1.75 bits per heavy atom. The van der Waals surface area contributed by atoms with Crippen molar-refractivity contribution in [2.24, 2.45) is 5.92 Å². The van der Waals surface area contributed by atoms with Gasteiger partial charge in [-0.15, -0.1) is 0 Å². The van der Waals surface area contributed by atoms with E-state index in [9.17, 15) is 14.1 Å². The van der Waals surface area contributed by atoms with Crippen LogP contribution in [-0.4, -0.2) is 18.4 Å². The van der Waals surface area contributed by atoms with Crippen molar-refractivity contribution in [3.63, 3.8) is 0 Å². The second-order valence-corrected chi connectivity index (χ2v) is 5.03. The Morgan fingerprint density at radius 3 is 2.35 bits per heavy atom. The van der Waals surface area contributed by atoms with Gasteiger partial charge in [-0.05, 0) is 43.0 Å². The molecule has 20 heavy (non-hydrogen) atoms. The van der Waals surface area contributed by atoms with Gasteiger partial charge in [-0.1, -0.05) is 19.3 Å². The van der Waals surface area contributed by atoms with Crippen LogP contribution < -0.4 is 4.74 Å². The molecule has 1 aliphatic carbocycles. The van der Waals surface area contributed by atoms with Gasteiger partial charge >= 0.3 is 5.97 Å². The van der Waals surface area contributed by atoms with Crippen molar-refractivity contribution in [1.82, 2.24) is 0 Å². The minimum Gasteiger partial charge on any atom is -0.493 e. The van der Waals surface area contributed by atoms with Crippen LogP contribution in [-0.2, 0) is 9.74 Å². The average molecular weight is 280 g/mol. The molecule has 1 fully saturated rings. The van der Waals surface area contributed by atoms with Gasteiger partial charge in [0.25, 0.3) is 5.78 Å². The highest BCUT2D eigenvalue weighted by molar-refractivity contribution is 6.40. The first-order valence-electron chi connectivity index (χ1n) is 6.81. The molecule has 0 unspecified atom stereocenters. The maximum atomic E-state index is 11.6. The molecule has 0 saturated heterocycles. The van der Waals surface area contributed by atoms with Crippen LogP contribution in [0.15, 0.2) is 24.3 Å². The number of rotatable bonds is 5. The first kappa shape index (κ1) is 14.5. The summed E-state index contributed by atoms with van der Waals surface area (Å²) in [5, 5.41) is 0. The molecule has 0 N–H and O–H groups in total. The molecule has 0 radical (unpaired) electrons. The first-order chi connectivity index (χ1) is 9.70. The molecule has 1 aromatic rings. The zero-order chi connectivity index (χ0) is 14.4. The predicted octanol–water partition coefficient (Wildman–Crippen LogP) is 3.26. The highest BCUT2D eigenvalue weighted by Gasteiger charge is 2.19. The highest BCUT2D eigenvalue weighted by Crippen LogP contribution is 2.24. The molecule has 1 aromatic carbocycles. The SMILES string of the molecule is O=C(OF)C(=O)c1ccc(OCC2CCCCC2)cc1. The number of halogens is 1. The zero-order valence-corrected chi connectivity index (χ0v) is 11.1. The number of benzene rings is 1. The van der Waals surface area contributed by atoms with Gasteiger partial charge in [0.15, 0.2) is 0 Å². The Kier molecular flexibility index (Phi) is 5.09. The summed E-state index contributed by atoms with van der Waals surface area (Å²) < 4.78 is 17.3. The van der Waals surface area contributed by atoms with Gasteiger partial charge in [-0.2, -0.15) is 0 Å². The number of ketones is 1. The normalized spacial score (nSPS) is 15.7. The van der Waals surface area contributed by atoms with Crippen LogP contribution in [0.1, 0.15) is 42.5 Å². The lowest BCUT2D eigenvalue weighted by Gasteiger charge is -2.21. The monoisotopic (exact) mass is 280 g/mol. The van der Waals surface area contributed by atoms with Gasteiger partial charge in [0, 0.05) is 10.1 Å². The lowest BCUT2D eigenvalue weighted by atomic mass is 9.90. The summed E-state index contributed by atoms with van der Waals surface area (Å²) in [5.74, 6) is -1.29. The molecule has 4 nitrogen and oxygen atoms in total. The summed E-state index contributed by atoms with van der Waals surface area (Å²) >= 11 is 0. The third-order valence-electron chi connectivity index (χ3n) is 3.58. The van der Waals surface area contributed by atoms with Crippen LogP contribution in [0.3, 0.4) is 0 Å². The molecule has 0 atom stereocenters. The van der Waals surface area contributed by atoms with Gasteiger partial charge in [-0.25, -0.2) is 9.74 Å². The summed E-state index contributed by atoms with van der Waals surface area (Å²) in [4.78, 5) is 25.0. The van der Waals surface area contributed by atoms with Crippen molar-refractivity contribution in [3.05, 3.63) is 29.8 Å². The van der Waals surface area contributed by atoms with Crippen LogP contribution in [0.4, 0.5) is 4.53 Å². The number of hydrogen-bond acceptors (Lipinski definition) is 4. The molecule has 0 aromatic heterocycles. The Balaban J connectivity index is 1.87. The van der Waals surface area contributed by atoms with Gasteiger partial charge < -0.3 is 4.74 Å². The van der Waals surface area contributed by atoms with Crippen LogP contribution >= 0.6 is 0 Å². The third kappa shape index (κ3) is 3.79. The minimum atomic E-state index is -1.51. The molecular formula is C15H17FO4. The van der Waals surface area contributed by atoms with E-state index in [1.807, 2.05) is 0 Å². The maximum Gasteiger partial charge on any atom is 0.419 e. The lowest BCUT2D eigenvalue weighted by molar-refractivity contribution is -0.176. The van der Waals surface area contributed by atoms with E-state index in [4.69, 9.17) is 4.74 Å². The number of Topliss-reactive ketones (excluding diaryl/α,β-unsaturated/α-hetero) is 1. The molecule has 0 heterocycles. The standard InChI is InChI=1S/C15H17FO4/c16-20-15(18)14(17)12-6-8-13(9-7-12)19-10-11-4-2-1-3-5-11/h6-9,11H,1-5,10H2. The van der Waals surface area contributed by atoms with Crippen molar-refractivity contribution in [2.75, 3.05) is 6.61 Å². The summed E-state index contributed by atoms with van der Waals surface area (Å²) in [6.07, 6.45) is 6.20. The largest absolute Gasteiger partial charge is 0.493 e. The first-order valence-corrected chi connectivity index (χ1v) is 6.81. The molecule has 1 aliphatic rings. The third-order valence-corrected chi connectivity index (χ3v) is 3.58. The molecule has 108 valence electrons. The predicted molar refractivity (Wildman–Crippen MR) is 70.0 cm³/mol. The molecule has 2 rings (SSSR count). The second-order valence-electron chi connectivity index (χ2n) is 5.03. The molecule has 0 aliphatic heterocycles. The van der Waals surface area contributed by atoms with Crippen LogP contribution in [0.25, 0.3) is 0 Å². The maximum absolute atomic E-state index is 11.6. The highest BCUT2D eigenvalue weighted by atomic mass is 19.3. The number of carbonyl (C=O) groups excluding carboxylic acids is 2. The van der Waals surface area contributed by atoms with E-state index in [0.717, 1.165) is 0 Å². The topological polar surface area (TPSA) is 52.6 Å². The quantitative estimate of drug-likeness (QED) is 0.613. The van der Waals surface area contributed by atoms with Crippen molar-refractivity contribution in [3.8, 4) is 5.75 Å². The number of ether oxygens (including phenoxy) is 1. The molecule has 0 amide bonds. The van der Waals surface area contributed by atoms with Crippen molar-refractivity contribution >= 4 is 11.8 Å². The van der Waals surface area contributed by atoms with Gasteiger partial charge in [0.1, 0.15) is 5.75 Å². The van der Waals surface area contributed by atoms with Crippen LogP contribution in [0.2, 0.25) is 0 Å². The summed E-state index contributed by atoms with van der Waals surface area (Å²) in [7, 11) is 0. The van der Waals surface area contributed by atoms with E-state index in [0.29, 0.717) is 18.3 Å². The van der Waals surface area contributed by atoms with Crippen molar-refractivity contribution in [1.29, 1.82) is 0 Å². The molecule has 0 spiro atoms. The lowest BCUT2D eigenvalue weighted by Crippen LogP contribution is -2.16. The number of carbonyl (C=O) groups is 2.